The van der Waals surface area contributed by atoms with E-state index in [-0.39, 0.29) is 11.9 Å². The molecular formula is C45H44N2O4. The summed E-state index contributed by atoms with van der Waals surface area (Å²) in [5.74, 6) is -0.441. The predicted octanol–water partition coefficient (Wildman–Crippen LogP) is 9.27. The van der Waals surface area contributed by atoms with Crippen LogP contribution in [-0.2, 0) is 27.2 Å². The van der Waals surface area contributed by atoms with Crippen LogP contribution < -0.4 is 5.32 Å². The number of amides is 1. The second-order valence-electron chi connectivity index (χ2n) is 13.5. The number of rotatable bonds is 10. The quantitative estimate of drug-likeness (QED) is 0.149. The van der Waals surface area contributed by atoms with Crippen LogP contribution in [-0.4, -0.2) is 43.1 Å². The van der Waals surface area contributed by atoms with Crippen LogP contribution >= 0.6 is 0 Å². The van der Waals surface area contributed by atoms with E-state index >= 15 is 0 Å². The molecule has 1 saturated heterocycles. The summed E-state index contributed by atoms with van der Waals surface area (Å²) in [6.45, 7) is 2.54. The average molecular weight is 677 g/mol. The first-order chi connectivity index (χ1) is 25.0. The molecular weight excluding hydrogens is 633 g/mol. The van der Waals surface area contributed by atoms with E-state index in [0.717, 1.165) is 84.5 Å². The van der Waals surface area contributed by atoms with Gasteiger partial charge in [-0.3, -0.25) is 9.69 Å². The maximum absolute atomic E-state index is 13.5. The molecule has 5 aromatic rings. The molecule has 1 amide bonds. The Balaban J connectivity index is 1.02. The van der Waals surface area contributed by atoms with Crippen LogP contribution in [0.3, 0.4) is 0 Å². The highest BCUT2D eigenvalue weighted by atomic mass is 16.5. The van der Waals surface area contributed by atoms with Crippen molar-refractivity contribution in [3.63, 3.8) is 0 Å². The number of benzene rings is 5. The lowest BCUT2D eigenvalue weighted by Crippen LogP contribution is -2.36. The first kappa shape index (κ1) is 34.2. The van der Waals surface area contributed by atoms with Gasteiger partial charge in [0.2, 0.25) is 0 Å². The summed E-state index contributed by atoms with van der Waals surface area (Å²) in [5, 5.41) is 3.13. The number of aryl methyl sites for hydroxylation is 1. The number of ether oxygens (including phenoxy) is 2. The Morgan fingerprint density at radius 1 is 0.784 bits per heavy atom. The van der Waals surface area contributed by atoms with Crippen LogP contribution in [0, 0.1) is 0 Å². The monoisotopic (exact) mass is 676 g/mol. The number of nitrogens with zero attached hydrogens (tertiary/aromatic N) is 1. The highest BCUT2D eigenvalue weighted by Crippen LogP contribution is 2.31. The molecule has 0 aromatic heterocycles. The van der Waals surface area contributed by atoms with E-state index in [9.17, 15) is 9.59 Å². The van der Waals surface area contributed by atoms with Crippen molar-refractivity contribution in [2.75, 3.05) is 25.6 Å². The summed E-state index contributed by atoms with van der Waals surface area (Å²) < 4.78 is 11.6. The molecule has 0 radical (unpaired) electrons. The van der Waals surface area contributed by atoms with E-state index in [0.29, 0.717) is 18.0 Å². The van der Waals surface area contributed by atoms with Gasteiger partial charge in [-0.05, 0) is 115 Å². The lowest BCUT2D eigenvalue weighted by molar-refractivity contribution is -0.112. The zero-order chi connectivity index (χ0) is 35.0. The van der Waals surface area contributed by atoms with E-state index in [4.69, 9.17) is 9.47 Å². The third kappa shape index (κ3) is 8.54. The van der Waals surface area contributed by atoms with Crippen LogP contribution in [0.25, 0.3) is 17.2 Å². The number of esters is 1. The maximum Gasteiger partial charge on any atom is 0.339 e. The van der Waals surface area contributed by atoms with Crippen molar-refractivity contribution in [1.29, 1.82) is 0 Å². The van der Waals surface area contributed by atoms with Gasteiger partial charge >= 0.3 is 5.97 Å². The Bertz CT molecular complexity index is 1930. The fraction of sp³-hybridized carbons (Fsp3) is 0.244. The second kappa shape index (κ2) is 16.2. The Morgan fingerprint density at radius 3 is 2.10 bits per heavy atom. The number of anilines is 1. The fourth-order valence-electron chi connectivity index (χ4n) is 7.05. The first-order valence-electron chi connectivity index (χ1n) is 17.9. The highest BCUT2D eigenvalue weighted by molar-refractivity contribution is 6.07. The number of fused-ring (bicyclic) bond motifs is 1. The lowest BCUT2D eigenvalue weighted by atomic mass is 9.97. The zero-order valence-corrected chi connectivity index (χ0v) is 29.1. The van der Waals surface area contributed by atoms with Gasteiger partial charge in [-0.15, -0.1) is 0 Å². The van der Waals surface area contributed by atoms with Crippen molar-refractivity contribution >= 4 is 23.6 Å². The van der Waals surface area contributed by atoms with Gasteiger partial charge in [-0.2, -0.15) is 0 Å². The van der Waals surface area contributed by atoms with Gasteiger partial charge in [-0.1, -0.05) is 97.1 Å². The third-order valence-electron chi connectivity index (χ3n) is 10.0. The summed E-state index contributed by atoms with van der Waals surface area (Å²) >= 11 is 0. The van der Waals surface area contributed by atoms with Crippen molar-refractivity contribution in [3.05, 3.63) is 166 Å². The molecule has 0 saturated carbocycles. The molecule has 6 nitrogen and oxygen atoms in total. The first-order valence-corrected chi connectivity index (χ1v) is 17.9. The summed E-state index contributed by atoms with van der Waals surface area (Å²) in [5.41, 5.74) is 9.43. The van der Waals surface area contributed by atoms with Crippen molar-refractivity contribution in [2.45, 2.75) is 50.8 Å². The standard InChI is InChI=1S/C45H44N2O4/c1-47(42-25-27-50-28-26-42)31-32-15-23-41(24-16-32)46-44(48)39-14-8-13-33-19-22-38(29-40(33)30-39)34-17-20-37(21-18-34)45(49)51-43(35-9-4-2-5-10-35)36-11-6-3-7-12-36/h2-7,9-12,15-24,29-30,42-43H,8,13-14,25-28,31H2,1H3,(H,46,48). The van der Waals surface area contributed by atoms with Crippen molar-refractivity contribution in [2.24, 2.45) is 0 Å². The van der Waals surface area contributed by atoms with Crippen LogP contribution in [0.2, 0.25) is 0 Å². The largest absolute Gasteiger partial charge is 0.449 e. The minimum absolute atomic E-state index is 0.0625. The number of carbonyl (C=O) groups is 2. The molecule has 7 rings (SSSR count). The topological polar surface area (TPSA) is 67.9 Å². The number of carbonyl (C=O) groups excluding carboxylic acids is 2. The van der Waals surface area contributed by atoms with E-state index in [1.807, 2.05) is 103 Å². The number of nitrogens with one attached hydrogen (secondary N) is 1. The molecule has 0 spiro atoms. The molecule has 6 heteroatoms. The molecule has 1 N–H and O–H groups in total. The number of hydrogen-bond acceptors (Lipinski definition) is 5. The van der Waals surface area contributed by atoms with Crippen LogP contribution in [0.4, 0.5) is 5.69 Å². The summed E-state index contributed by atoms with van der Waals surface area (Å²) in [7, 11) is 2.17. The van der Waals surface area contributed by atoms with E-state index < -0.39 is 6.10 Å². The third-order valence-corrected chi connectivity index (χ3v) is 10.0. The molecule has 5 aromatic carbocycles. The summed E-state index contributed by atoms with van der Waals surface area (Å²) in [6, 6.07) is 42.3. The molecule has 1 aliphatic carbocycles. The molecule has 0 bridgehead atoms. The molecule has 1 fully saturated rings. The van der Waals surface area contributed by atoms with E-state index in [1.54, 1.807) is 0 Å². The summed E-state index contributed by atoms with van der Waals surface area (Å²) in [4.78, 5) is 29.2. The van der Waals surface area contributed by atoms with Crippen LogP contribution in [0.5, 0.6) is 0 Å². The molecule has 0 atom stereocenters. The average Bonchev–Trinajstić information content (AvgIpc) is 3.41. The molecule has 1 heterocycles. The Labute approximate surface area is 300 Å². The zero-order valence-electron chi connectivity index (χ0n) is 29.1. The molecule has 2 aliphatic rings. The van der Waals surface area contributed by atoms with E-state index in [2.05, 4.69) is 47.6 Å². The predicted molar refractivity (Wildman–Crippen MR) is 203 cm³/mol. The van der Waals surface area contributed by atoms with Gasteiger partial charge in [0.25, 0.3) is 5.91 Å². The molecule has 1 aliphatic heterocycles. The van der Waals surface area contributed by atoms with Crippen LogP contribution in [0.15, 0.2) is 133 Å². The highest BCUT2D eigenvalue weighted by Gasteiger charge is 2.21. The van der Waals surface area contributed by atoms with Gasteiger partial charge in [0.1, 0.15) is 0 Å². The van der Waals surface area contributed by atoms with Crippen molar-refractivity contribution in [3.8, 4) is 11.1 Å². The second-order valence-corrected chi connectivity index (χ2v) is 13.5. The minimum atomic E-state index is -0.504. The Kier molecular flexibility index (Phi) is 10.8. The van der Waals surface area contributed by atoms with Gasteiger partial charge in [-0.25, -0.2) is 4.79 Å². The smallest absolute Gasteiger partial charge is 0.339 e. The molecule has 51 heavy (non-hydrogen) atoms. The molecule has 0 unspecified atom stereocenters. The fourth-order valence-corrected chi connectivity index (χ4v) is 7.05. The van der Waals surface area contributed by atoms with Gasteiger partial charge in [0.05, 0.1) is 5.56 Å². The minimum Gasteiger partial charge on any atom is -0.449 e. The number of hydrogen-bond donors (Lipinski definition) is 1. The Hall–Kier alpha value is -5.30. The van der Waals surface area contributed by atoms with E-state index in [1.165, 1.54) is 11.1 Å². The summed E-state index contributed by atoms with van der Waals surface area (Å²) in [6.07, 6.45) is 6.21. The molecule has 258 valence electrons. The van der Waals surface area contributed by atoms with Crippen molar-refractivity contribution in [1.82, 2.24) is 4.90 Å². The lowest BCUT2D eigenvalue weighted by Gasteiger charge is -2.31. The normalized spacial score (nSPS) is 14.8. The van der Waals surface area contributed by atoms with Crippen LogP contribution in [0.1, 0.15) is 70.0 Å². The Morgan fingerprint density at radius 2 is 1.43 bits per heavy atom. The van der Waals surface area contributed by atoms with Gasteiger partial charge in [0, 0.05) is 37.1 Å². The van der Waals surface area contributed by atoms with Crippen molar-refractivity contribution < 1.29 is 19.1 Å². The SMILES string of the molecule is CN(Cc1ccc(NC(=O)C2=Cc3cc(-c4ccc(C(=O)OC(c5ccccc5)c5ccccc5)cc4)ccc3CCC2)cc1)C1CCOCC1. The maximum atomic E-state index is 13.5. The van der Waals surface area contributed by atoms with Gasteiger partial charge < -0.3 is 14.8 Å². The van der Waals surface area contributed by atoms with Gasteiger partial charge in [0.15, 0.2) is 6.10 Å².